The van der Waals surface area contributed by atoms with E-state index in [4.69, 9.17) is 4.74 Å². The summed E-state index contributed by atoms with van der Waals surface area (Å²) in [5, 5.41) is 0. The summed E-state index contributed by atoms with van der Waals surface area (Å²) < 4.78 is 124. The zero-order chi connectivity index (χ0) is 25.3. The third-order valence-corrected chi connectivity index (χ3v) is 5.40. The Balaban J connectivity index is 1.60. The first-order chi connectivity index (χ1) is 15.6. The molecule has 192 valence electrons. The van der Waals surface area contributed by atoms with Crippen molar-refractivity contribution in [1.29, 1.82) is 0 Å². The van der Waals surface area contributed by atoms with Gasteiger partial charge < -0.3 is 14.4 Å². The average Bonchev–Trinajstić information content (AvgIpc) is 3.53. The van der Waals surface area contributed by atoms with Gasteiger partial charge in [0, 0.05) is 38.3 Å². The minimum atomic E-state index is -5.81. The van der Waals surface area contributed by atoms with Gasteiger partial charge in [-0.1, -0.05) is 6.07 Å². The van der Waals surface area contributed by atoms with E-state index in [1.54, 1.807) is 4.90 Å². The van der Waals surface area contributed by atoms with Crippen molar-refractivity contribution < 1.29 is 53.8 Å². The first kappa shape index (κ1) is 26.2. The molecular weight excluding hydrogens is 487 g/mol. The number of alkyl halides is 9. The van der Waals surface area contributed by atoms with E-state index in [0.717, 1.165) is 29.9 Å². The van der Waals surface area contributed by atoms with Crippen molar-refractivity contribution in [2.45, 2.75) is 44.0 Å². The summed E-state index contributed by atoms with van der Waals surface area (Å²) in [6.45, 7) is 0.0599. The summed E-state index contributed by atoms with van der Waals surface area (Å²) >= 11 is 0. The van der Waals surface area contributed by atoms with Crippen molar-refractivity contribution in [3.05, 3.63) is 29.3 Å². The van der Waals surface area contributed by atoms with Gasteiger partial charge in [-0.3, -0.25) is 4.90 Å². The van der Waals surface area contributed by atoms with Crippen molar-refractivity contribution in [3.8, 4) is 5.75 Å². The number of piperazine rings is 1. The highest BCUT2D eigenvalue weighted by Gasteiger charge is 2.60. The number of carbonyl (C=O) groups is 1. The number of amides is 1. The average molecular weight is 508 g/mol. The van der Waals surface area contributed by atoms with E-state index in [0.29, 0.717) is 5.56 Å². The molecule has 5 nitrogen and oxygen atoms in total. The summed E-state index contributed by atoms with van der Waals surface area (Å²) in [5.74, 6) is 0.343. The predicted octanol–water partition coefficient (Wildman–Crippen LogP) is 5.24. The second-order valence-electron chi connectivity index (χ2n) is 8.18. The quantitative estimate of drug-likeness (QED) is 0.493. The maximum atomic E-state index is 13.1. The summed E-state index contributed by atoms with van der Waals surface area (Å²) in [7, 11) is 0. The molecule has 0 bridgehead atoms. The van der Waals surface area contributed by atoms with Crippen molar-refractivity contribution in [1.82, 2.24) is 9.80 Å². The van der Waals surface area contributed by atoms with E-state index in [-0.39, 0.29) is 51.0 Å². The molecule has 1 aliphatic carbocycles. The Morgan fingerprint density at radius 3 is 2.03 bits per heavy atom. The molecule has 34 heavy (non-hydrogen) atoms. The van der Waals surface area contributed by atoms with Crippen LogP contribution in [0.4, 0.5) is 44.3 Å². The number of hydrogen-bond acceptors (Lipinski definition) is 4. The van der Waals surface area contributed by atoms with Crippen molar-refractivity contribution in [2.24, 2.45) is 5.92 Å². The molecule has 1 saturated carbocycles. The highest BCUT2D eigenvalue weighted by atomic mass is 19.4. The Bertz CT molecular complexity index is 844. The van der Waals surface area contributed by atoms with E-state index < -0.39 is 36.3 Å². The normalized spacial score (nSPS) is 18.4. The molecule has 14 heteroatoms. The molecule has 0 atom stereocenters. The number of rotatable bonds is 6. The fourth-order valence-electron chi connectivity index (χ4n) is 3.31. The summed E-state index contributed by atoms with van der Waals surface area (Å²) in [5.41, 5.74) is -0.433. The molecular formula is C20H21F9N2O3. The van der Waals surface area contributed by atoms with E-state index in [1.807, 2.05) is 0 Å². The Morgan fingerprint density at radius 1 is 0.941 bits per heavy atom. The van der Waals surface area contributed by atoms with Crippen LogP contribution in [-0.2, 0) is 17.5 Å². The summed E-state index contributed by atoms with van der Waals surface area (Å²) in [6.07, 6.45) is -20.3. The SMILES string of the molecule is O=C(OC(C(F)(F)F)C(F)(F)F)N1CCN(Cc2ccc(C(F)(F)F)cc2OCC2CC2)CC1. The van der Waals surface area contributed by atoms with Gasteiger partial charge >= 0.3 is 24.6 Å². The zero-order valence-corrected chi connectivity index (χ0v) is 17.6. The van der Waals surface area contributed by atoms with Gasteiger partial charge in [0.25, 0.3) is 6.10 Å². The van der Waals surface area contributed by atoms with Crippen LogP contribution in [0.2, 0.25) is 0 Å². The molecule has 1 aromatic carbocycles. The first-order valence-electron chi connectivity index (χ1n) is 10.3. The fourth-order valence-corrected chi connectivity index (χ4v) is 3.31. The molecule has 1 saturated heterocycles. The molecule has 1 aromatic rings. The maximum absolute atomic E-state index is 13.1. The molecule has 0 spiro atoms. The van der Waals surface area contributed by atoms with Gasteiger partial charge in [0.15, 0.2) is 0 Å². The lowest BCUT2D eigenvalue weighted by Crippen LogP contribution is -2.52. The zero-order valence-electron chi connectivity index (χ0n) is 17.6. The molecule has 1 aliphatic heterocycles. The molecule has 1 heterocycles. The third-order valence-electron chi connectivity index (χ3n) is 5.40. The Kier molecular flexibility index (Phi) is 7.48. The summed E-state index contributed by atoms with van der Waals surface area (Å²) in [6, 6.07) is 3.07. The second kappa shape index (κ2) is 9.70. The van der Waals surface area contributed by atoms with Crippen molar-refractivity contribution in [3.63, 3.8) is 0 Å². The number of carbonyl (C=O) groups excluding carboxylic acids is 1. The molecule has 1 amide bonds. The number of nitrogens with zero attached hydrogens (tertiary/aromatic N) is 2. The van der Waals surface area contributed by atoms with Gasteiger partial charge in [-0.25, -0.2) is 4.79 Å². The van der Waals surface area contributed by atoms with E-state index >= 15 is 0 Å². The van der Waals surface area contributed by atoms with E-state index in [2.05, 4.69) is 4.74 Å². The second-order valence-corrected chi connectivity index (χ2v) is 8.18. The molecule has 0 aromatic heterocycles. The van der Waals surface area contributed by atoms with Gasteiger partial charge in [0.05, 0.1) is 12.2 Å². The minimum absolute atomic E-state index is 0.0564. The van der Waals surface area contributed by atoms with Gasteiger partial charge in [0.1, 0.15) is 5.75 Å². The highest BCUT2D eigenvalue weighted by Crippen LogP contribution is 2.37. The van der Waals surface area contributed by atoms with Crippen molar-refractivity contribution in [2.75, 3.05) is 32.8 Å². The predicted molar refractivity (Wildman–Crippen MR) is 98.9 cm³/mol. The molecule has 2 fully saturated rings. The van der Waals surface area contributed by atoms with Crippen LogP contribution < -0.4 is 4.74 Å². The molecule has 0 unspecified atom stereocenters. The van der Waals surface area contributed by atoms with Gasteiger partial charge in [-0.15, -0.1) is 0 Å². The van der Waals surface area contributed by atoms with Crippen LogP contribution in [0.25, 0.3) is 0 Å². The number of ether oxygens (including phenoxy) is 2. The lowest BCUT2D eigenvalue weighted by molar-refractivity contribution is -0.308. The number of benzene rings is 1. The number of halogens is 9. The minimum Gasteiger partial charge on any atom is -0.493 e. The third kappa shape index (κ3) is 7.06. The fraction of sp³-hybridized carbons (Fsp3) is 0.650. The smallest absolute Gasteiger partial charge is 0.434 e. The van der Waals surface area contributed by atoms with Crippen LogP contribution >= 0.6 is 0 Å². The highest BCUT2D eigenvalue weighted by molar-refractivity contribution is 5.68. The van der Waals surface area contributed by atoms with Crippen LogP contribution in [-0.4, -0.2) is 67.1 Å². The van der Waals surface area contributed by atoms with Crippen LogP contribution in [0.1, 0.15) is 24.0 Å². The molecule has 3 rings (SSSR count). The lowest BCUT2D eigenvalue weighted by atomic mass is 10.1. The van der Waals surface area contributed by atoms with Gasteiger partial charge in [0.2, 0.25) is 0 Å². The largest absolute Gasteiger partial charge is 0.493 e. The molecule has 0 N–H and O–H groups in total. The molecule has 2 aliphatic rings. The molecule has 0 radical (unpaired) electrons. The standard InChI is InChI=1S/C20H21F9N2O3/c21-18(22,23)14-4-3-13(15(9-14)33-11-12-1-2-12)10-30-5-7-31(8-6-30)17(32)34-16(19(24,25)26)20(27,28)29/h3-4,9,12,16H,1-2,5-8,10-11H2. The lowest BCUT2D eigenvalue weighted by Gasteiger charge is -2.35. The van der Waals surface area contributed by atoms with Crippen LogP contribution in [0.15, 0.2) is 18.2 Å². The van der Waals surface area contributed by atoms with Crippen molar-refractivity contribution >= 4 is 6.09 Å². The summed E-state index contributed by atoms with van der Waals surface area (Å²) in [4.78, 5) is 14.3. The Labute approximate surface area is 188 Å². The topological polar surface area (TPSA) is 42.0 Å². The number of hydrogen-bond donors (Lipinski definition) is 0. The maximum Gasteiger partial charge on any atom is 0.434 e. The van der Waals surface area contributed by atoms with Crippen LogP contribution in [0, 0.1) is 5.92 Å². The van der Waals surface area contributed by atoms with E-state index in [9.17, 15) is 44.3 Å². The Hall–Kier alpha value is -2.38. The van der Waals surface area contributed by atoms with E-state index in [1.165, 1.54) is 6.07 Å². The monoisotopic (exact) mass is 508 g/mol. The first-order valence-corrected chi connectivity index (χ1v) is 10.3. The van der Waals surface area contributed by atoms with Crippen LogP contribution in [0.5, 0.6) is 5.75 Å². The van der Waals surface area contributed by atoms with Gasteiger partial charge in [-0.05, 0) is 30.9 Å². The van der Waals surface area contributed by atoms with Crippen LogP contribution in [0.3, 0.4) is 0 Å². The van der Waals surface area contributed by atoms with Gasteiger partial charge in [-0.2, -0.15) is 39.5 Å². The Morgan fingerprint density at radius 2 is 1.53 bits per heavy atom.